The van der Waals surface area contributed by atoms with Gasteiger partial charge in [0.2, 0.25) is 5.91 Å². The molecule has 0 aromatic rings. The molecule has 0 aromatic carbocycles. The summed E-state index contributed by atoms with van der Waals surface area (Å²) in [5.74, 6) is 0.371. The minimum atomic E-state index is -0.544. The summed E-state index contributed by atoms with van der Waals surface area (Å²) in [6.07, 6.45) is 1.27. The minimum absolute atomic E-state index is 0.287. The zero-order valence-electron chi connectivity index (χ0n) is 8.56. The van der Waals surface area contributed by atoms with E-state index in [0.717, 1.165) is 0 Å². The summed E-state index contributed by atoms with van der Waals surface area (Å²) in [6, 6.07) is -1.08. The van der Waals surface area contributed by atoms with Crippen molar-refractivity contribution in [1.29, 1.82) is 0 Å². The van der Waals surface area contributed by atoms with Crippen LogP contribution in [0.15, 0.2) is 0 Å². The first kappa shape index (κ1) is 13.4. The van der Waals surface area contributed by atoms with Gasteiger partial charge in [0.05, 0.1) is 12.1 Å². The summed E-state index contributed by atoms with van der Waals surface area (Å²) in [5, 5.41) is 2.51. The predicted molar refractivity (Wildman–Crippen MR) is 59.3 cm³/mol. The molecule has 0 saturated carbocycles. The molecule has 0 heterocycles. The molecule has 0 aromatic heterocycles. The molecule has 0 aliphatic heterocycles. The number of rotatable bonds is 6. The summed E-state index contributed by atoms with van der Waals surface area (Å²) in [6.45, 7) is 3.98. The lowest BCUT2D eigenvalue weighted by Gasteiger charge is -2.16. The average Bonchev–Trinajstić information content (AvgIpc) is 2.12. The van der Waals surface area contributed by atoms with E-state index in [9.17, 15) is 9.59 Å². The minimum Gasteiger partial charge on any atom is -0.344 e. The molecular formula is C9H18N2O2S. The van der Waals surface area contributed by atoms with Crippen molar-refractivity contribution in [3.05, 3.63) is 0 Å². The molecule has 14 heavy (non-hydrogen) atoms. The maximum Gasteiger partial charge on any atom is 0.237 e. The van der Waals surface area contributed by atoms with E-state index < -0.39 is 12.1 Å². The first-order valence-corrected chi connectivity index (χ1v) is 5.26. The molecule has 0 radical (unpaired) electrons. The van der Waals surface area contributed by atoms with Gasteiger partial charge in [0, 0.05) is 5.75 Å². The fourth-order valence-corrected chi connectivity index (χ4v) is 1.20. The topological polar surface area (TPSA) is 72.2 Å². The third-order valence-electron chi connectivity index (χ3n) is 1.75. The van der Waals surface area contributed by atoms with Crippen molar-refractivity contribution in [2.24, 2.45) is 11.7 Å². The highest BCUT2D eigenvalue weighted by atomic mass is 32.1. The van der Waals surface area contributed by atoms with Crippen LogP contribution in [0, 0.1) is 5.92 Å². The van der Waals surface area contributed by atoms with E-state index in [0.29, 0.717) is 24.4 Å². The molecule has 0 aliphatic carbocycles. The zero-order chi connectivity index (χ0) is 11.1. The second kappa shape index (κ2) is 6.84. The van der Waals surface area contributed by atoms with Gasteiger partial charge >= 0.3 is 0 Å². The highest BCUT2D eigenvalue weighted by Crippen LogP contribution is 2.02. The molecule has 0 spiro atoms. The van der Waals surface area contributed by atoms with Crippen molar-refractivity contribution in [3.8, 4) is 0 Å². The van der Waals surface area contributed by atoms with E-state index >= 15 is 0 Å². The van der Waals surface area contributed by atoms with E-state index in [4.69, 9.17) is 5.73 Å². The molecule has 0 bridgehead atoms. The van der Waals surface area contributed by atoms with Crippen LogP contribution in [0.5, 0.6) is 0 Å². The average molecular weight is 218 g/mol. The van der Waals surface area contributed by atoms with Crippen LogP contribution in [0.4, 0.5) is 0 Å². The van der Waals surface area contributed by atoms with E-state index in [-0.39, 0.29) is 5.91 Å². The Morgan fingerprint density at radius 2 is 2.14 bits per heavy atom. The van der Waals surface area contributed by atoms with Crippen LogP contribution in [0.2, 0.25) is 0 Å². The first-order valence-electron chi connectivity index (χ1n) is 4.63. The van der Waals surface area contributed by atoms with Gasteiger partial charge in [0.1, 0.15) is 6.29 Å². The van der Waals surface area contributed by atoms with Crippen LogP contribution < -0.4 is 11.1 Å². The molecule has 2 atom stereocenters. The molecule has 82 valence electrons. The van der Waals surface area contributed by atoms with Crippen molar-refractivity contribution in [2.75, 3.05) is 5.75 Å². The Hall–Kier alpha value is -0.550. The van der Waals surface area contributed by atoms with Crippen molar-refractivity contribution in [3.63, 3.8) is 0 Å². The van der Waals surface area contributed by atoms with Crippen LogP contribution in [0.1, 0.15) is 20.3 Å². The highest BCUT2D eigenvalue weighted by molar-refractivity contribution is 7.80. The van der Waals surface area contributed by atoms with Crippen molar-refractivity contribution in [2.45, 2.75) is 32.4 Å². The Morgan fingerprint density at radius 3 is 2.50 bits per heavy atom. The summed E-state index contributed by atoms with van der Waals surface area (Å²) in [5.41, 5.74) is 5.62. The Labute approximate surface area is 90.0 Å². The van der Waals surface area contributed by atoms with Gasteiger partial charge in [-0.2, -0.15) is 12.6 Å². The second-order valence-corrected chi connectivity index (χ2v) is 4.03. The molecule has 4 nitrogen and oxygen atoms in total. The third kappa shape index (κ3) is 5.24. The highest BCUT2D eigenvalue weighted by Gasteiger charge is 2.17. The first-order chi connectivity index (χ1) is 6.51. The van der Waals surface area contributed by atoms with Crippen molar-refractivity contribution < 1.29 is 9.59 Å². The number of nitrogens with two attached hydrogens (primary N) is 1. The molecule has 0 fully saturated rings. The molecule has 2 unspecified atom stereocenters. The standard InChI is InChI=1S/C9H18N2O2S/c1-6(2)3-8(10)9(13)11-7(4-12)5-14/h4,6-8,14H,3,5,10H2,1-2H3,(H,11,13). The van der Waals surface area contributed by atoms with Gasteiger partial charge in [-0.25, -0.2) is 0 Å². The maximum atomic E-state index is 11.4. The number of hydrogen-bond donors (Lipinski definition) is 3. The second-order valence-electron chi connectivity index (χ2n) is 3.67. The number of carbonyl (C=O) groups excluding carboxylic acids is 2. The van der Waals surface area contributed by atoms with Gasteiger partial charge in [0.15, 0.2) is 0 Å². The molecule has 0 aliphatic rings. The smallest absolute Gasteiger partial charge is 0.237 e. The van der Waals surface area contributed by atoms with Gasteiger partial charge in [0.25, 0.3) is 0 Å². The SMILES string of the molecule is CC(C)CC(N)C(=O)NC(C=O)CS. The van der Waals surface area contributed by atoms with Crippen LogP contribution in [0.3, 0.4) is 0 Å². The summed E-state index contributed by atoms with van der Waals surface area (Å²) >= 11 is 3.92. The number of hydrogen-bond acceptors (Lipinski definition) is 4. The van der Waals surface area contributed by atoms with Gasteiger partial charge < -0.3 is 15.8 Å². The van der Waals surface area contributed by atoms with Crippen molar-refractivity contribution in [1.82, 2.24) is 5.32 Å². The monoisotopic (exact) mass is 218 g/mol. The summed E-state index contributed by atoms with van der Waals surface area (Å²) in [7, 11) is 0. The molecule has 3 N–H and O–H groups in total. The lowest BCUT2D eigenvalue weighted by Crippen LogP contribution is -2.47. The predicted octanol–water partition coefficient (Wildman–Crippen LogP) is -0.0267. The molecule has 5 heteroatoms. The number of aldehydes is 1. The van der Waals surface area contributed by atoms with E-state index in [2.05, 4.69) is 17.9 Å². The zero-order valence-corrected chi connectivity index (χ0v) is 9.46. The van der Waals surface area contributed by atoms with Crippen LogP contribution >= 0.6 is 12.6 Å². The van der Waals surface area contributed by atoms with Gasteiger partial charge in [-0.1, -0.05) is 13.8 Å². The van der Waals surface area contributed by atoms with E-state index in [1.54, 1.807) is 0 Å². The summed E-state index contributed by atoms with van der Waals surface area (Å²) in [4.78, 5) is 21.8. The number of carbonyl (C=O) groups is 2. The van der Waals surface area contributed by atoms with Crippen LogP contribution in [-0.2, 0) is 9.59 Å². The fraction of sp³-hybridized carbons (Fsp3) is 0.778. The van der Waals surface area contributed by atoms with Crippen LogP contribution in [-0.4, -0.2) is 30.0 Å². The fourth-order valence-electron chi connectivity index (χ4n) is 1.03. The van der Waals surface area contributed by atoms with E-state index in [1.807, 2.05) is 13.8 Å². The van der Waals surface area contributed by atoms with Crippen molar-refractivity contribution >= 4 is 24.8 Å². The lowest BCUT2D eigenvalue weighted by atomic mass is 10.0. The molecule has 0 rings (SSSR count). The Bertz CT molecular complexity index is 197. The normalized spacial score (nSPS) is 14.9. The summed E-state index contributed by atoms with van der Waals surface area (Å²) < 4.78 is 0. The lowest BCUT2D eigenvalue weighted by molar-refractivity contribution is -0.125. The number of amides is 1. The van der Waals surface area contributed by atoms with Gasteiger partial charge in [-0.3, -0.25) is 4.79 Å². The number of thiol groups is 1. The maximum absolute atomic E-state index is 11.4. The Morgan fingerprint density at radius 1 is 1.57 bits per heavy atom. The number of nitrogens with one attached hydrogen (secondary N) is 1. The molecule has 0 saturated heterocycles. The van der Waals surface area contributed by atoms with Crippen LogP contribution in [0.25, 0.3) is 0 Å². The Balaban J connectivity index is 3.99. The Kier molecular flexibility index (Phi) is 6.57. The van der Waals surface area contributed by atoms with E-state index in [1.165, 1.54) is 0 Å². The molecule has 1 amide bonds. The van der Waals surface area contributed by atoms with Gasteiger partial charge in [-0.15, -0.1) is 0 Å². The van der Waals surface area contributed by atoms with Gasteiger partial charge in [-0.05, 0) is 12.3 Å². The quantitative estimate of drug-likeness (QED) is 0.433. The third-order valence-corrected chi connectivity index (χ3v) is 2.14. The molecular weight excluding hydrogens is 200 g/mol. The largest absolute Gasteiger partial charge is 0.344 e.